The van der Waals surface area contributed by atoms with E-state index in [-0.39, 0.29) is 54.3 Å². The summed E-state index contributed by atoms with van der Waals surface area (Å²) in [5, 5.41) is 25.1. The van der Waals surface area contributed by atoms with Crippen LogP contribution in [0.1, 0.15) is 34.2 Å². The molecule has 1 unspecified atom stereocenters. The average Bonchev–Trinajstić information content (AvgIpc) is 3.56. The van der Waals surface area contributed by atoms with Crippen molar-refractivity contribution in [1.82, 2.24) is 5.32 Å². The van der Waals surface area contributed by atoms with Gasteiger partial charge in [-0.05, 0) is 46.5 Å². The Morgan fingerprint density at radius 1 is 1.00 bits per heavy atom. The predicted molar refractivity (Wildman–Crippen MR) is 136 cm³/mol. The van der Waals surface area contributed by atoms with Crippen LogP contribution < -0.4 is 24.3 Å². The standard InChI is InChI=1S/C28H26N2O9/c1-35-22-7-15(8-23(36-2)27(22)31)24-17-9-20-21(39-13-38-20)10-18(17)26(19-12-37-28(32)25(19)24)29-11-14-3-5-16(6-4-14)30(33)34/h3-10,19,24-26,29,31H,11-13H2,1-2H3/t19?,24-,25+,26-/m0/s1. The molecule has 3 aromatic rings. The van der Waals surface area contributed by atoms with Gasteiger partial charge in [0.25, 0.3) is 5.69 Å². The van der Waals surface area contributed by atoms with Crippen molar-refractivity contribution < 1.29 is 38.5 Å². The molecule has 4 atom stereocenters. The molecule has 0 saturated carbocycles. The maximum absolute atomic E-state index is 13.3. The fourth-order valence-electron chi connectivity index (χ4n) is 5.88. The predicted octanol–water partition coefficient (Wildman–Crippen LogP) is 3.81. The van der Waals surface area contributed by atoms with Crippen LogP contribution in [0.5, 0.6) is 28.7 Å². The molecule has 0 spiro atoms. The van der Waals surface area contributed by atoms with Gasteiger partial charge in [0, 0.05) is 36.6 Å². The van der Waals surface area contributed by atoms with Gasteiger partial charge in [0.15, 0.2) is 23.0 Å². The summed E-state index contributed by atoms with van der Waals surface area (Å²) in [5.41, 5.74) is 3.39. The second kappa shape index (κ2) is 9.66. The highest BCUT2D eigenvalue weighted by atomic mass is 16.7. The van der Waals surface area contributed by atoms with Gasteiger partial charge in [-0.1, -0.05) is 12.1 Å². The van der Waals surface area contributed by atoms with Crippen LogP contribution in [0.4, 0.5) is 5.69 Å². The number of non-ortho nitro benzene ring substituents is 1. The van der Waals surface area contributed by atoms with Gasteiger partial charge in [-0.25, -0.2) is 0 Å². The normalized spacial score (nSPS) is 22.6. The number of hydrogen-bond donors (Lipinski definition) is 2. The Morgan fingerprint density at radius 3 is 2.26 bits per heavy atom. The molecule has 3 aliphatic rings. The topological polar surface area (TPSA) is 139 Å². The summed E-state index contributed by atoms with van der Waals surface area (Å²) in [6.45, 7) is 0.733. The molecule has 0 aromatic heterocycles. The van der Waals surface area contributed by atoms with Gasteiger partial charge in [-0.15, -0.1) is 0 Å². The van der Waals surface area contributed by atoms with Crippen molar-refractivity contribution >= 4 is 11.7 Å². The molecule has 11 nitrogen and oxygen atoms in total. The third-order valence-corrected chi connectivity index (χ3v) is 7.72. The number of phenolic OH excluding ortho intramolecular Hbond substituents is 1. The minimum atomic E-state index is -0.536. The lowest BCUT2D eigenvalue weighted by Crippen LogP contribution is -2.40. The summed E-state index contributed by atoms with van der Waals surface area (Å²) in [6.07, 6.45) is 0. The second-order valence-corrected chi connectivity index (χ2v) is 9.69. The maximum Gasteiger partial charge on any atom is 0.310 e. The first kappa shape index (κ1) is 24.8. The molecule has 11 heteroatoms. The van der Waals surface area contributed by atoms with Crippen molar-refractivity contribution in [2.45, 2.75) is 18.5 Å². The van der Waals surface area contributed by atoms with Crippen LogP contribution in [-0.2, 0) is 16.1 Å². The smallest absolute Gasteiger partial charge is 0.310 e. The van der Waals surface area contributed by atoms with Crippen LogP contribution in [0.2, 0.25) is 0 Å². The Bertz CT molecular complexity index is 1430. The first-order valence-electron chi connectivity index (χ1n) is 12.4. The Kier molecular flexibility index (Phi) is 6.15. The van der Waals surface area contributed by atoms with Crippen LogP contribution >= 0.6 is 0 Å². The van der Waals surface area contributed by atoms with E-state index in [9.17, 15) is 20.0 Å². The number of benzene rings is 3. The van der Waals surface area contributed by atoms with Crippen molar-refractivity contribution in [3.8, 4) is 28.7 Å². The van der Waals surface area contributed by atoms with Crippen LogP contribution in [-0.4, -0.2) is 43.6 Å². The third kappa shape index (κ3) is 4.15. The zero-order chi connectivity index (χ0) is 27.3. The van der Waals surface area contributed by atoms with Crippen LogP contribution in [0.3, 0.4) is 0 Å². The fraction of sp³-hybridized carbons (Fsp3) is 0.321. The van der Waals surface area contributed by atoms with Crippen molar-refractivity contribution in [3.05, 3.63) is 80.9 Å². The number of ether oxygens (including phenoxy) is 5. The molecule has 0 amide bonds. The molecule has 39 heavy (non-hydrogen) atoms. The lowest BCUT2D eigenvalue weighted by atomic mass is 9.65. The highest BCUT2D eigenvalue weighted by Crippen LogP contribution is 2.55. The first-order valence-corrected chi connectivity index (χ1v) is 12.4. The number of rotatable bonds is 7. The lowest BCUT2D eigenvalue weighted by Gasteiger charge is -2.39. The van der Waals surface area contributed by atoms with E-state index >= 15 is 0 Å². The largest absolute Gasteiger partial charge is 0.502 e. The van der Waals surface area contributed by atoms with Gasteiger partial charge in [0.2, 0.25) is 12.5 Å². The van der Waals surface area contributed by atoms with Gasteiger partial charge in [0.1, 0.15) is 0 Å². The number of methoxy groups -OCH3 is 2. The lowest BCUT2D eigenvalue weighted by molar-refractivity contribution is -0.384. The van der Waals surface area contributed by atoms with E-state index in [0.717, 1.165) is 22.3 Å². The van der Waals surface area contributed by atoms with Gasteiger partial charge < -0.3 is 34.1 Å². The zero-order valence-corrected chi connectivity index (χ0v) is 21.2. The minimum Gasteiger partial charge on any atom is -0.502 e. The van der Waals surface area contributed by atoms with E-state index in [0.29, 0.717) is 18.0 Å². The SMILES string of the molecule is COc1cc([C@H]2c3cc4c(cc3[C@H](NCc3ccc([N+](=O)[O-])cc3)C3COC(=O)[C@H]32)OCO4)cc(OC)c1O. The number of aromatic hydroxyl groups is 1. The van der Waals surface area contributed by atoms with E-state index in [1.54, 1.807) is 24.3 Å². The fourth-order valence-corrected chi connectivity index (χ4v) is 5.88. The molecule has 0 radical (unpaired) electrons. The Balaban J connectivity index is 1.45. The van der Waals surface area contributed by atoms with Crippen molar-refractivity contribution in [3.63, 3.8) is 0 Å². The van der Waals surface area contributed by atoms with Gasteiger partial charge in [-0.3, -0.25) is 14.9 Å². The Labute approximate surface area is 223 Å². The van der Waals surface area contributed by atoms with Gasteiger partial charge in [-0.2, -0.15) is 0 Å². The summed E-state index contributed by atoms with van der Waals surface area (Å²) < 4.78 is 27.8. The van der Waals surface area contributed by atoms with E-state index in [2.05, 4.69) is 5.32 Å². The molecule has 0 bridgehead atoms. The number of nitrogens with zero attached hydrogens (tertiary/aromatic N) is 1. The number of hydrogen-bond acceptors (Lipinski definition) is 10. The number of nitro benzene ring substituents is 1. The van der Waals surface area contributed by atoms with E-state index in [4.69, 9.17) is 23.7 Å². The molecule has 2 N–H and O–H groups in total. The monoisotopic (exact) mass is 534 g/mol. The number of carbonyl (C=O) groups is 1. The van der Waals surface area contributed by atoms with Crippen molar-refractivity contribution in [2.75, 3.05) is 27.6 Å². The number of fused-ring (bicyclic) bond motifs is 3. The van der Waals surface area contributed by atoms with E-state index in [1.165, 1.54) is 26.4 Å². The minimum absolute atomic E-state index is 0.0203. The second-order valence-electron chi connectivity index (χ2n) is 9.69. The molecule has 1 fully saturated rings. The van der Waals surface area contributed by atoms with Crippen LogP contribution in [0, 0.1) is 22.0 Å². The average molecular weight is 535 g/mol. The summed E-state index contributed by atoms with van der Waals surface area (Å²) in [7, 11) is 2.91. The molecule has 2 aliphatic heterocycles. The summed E-state index contributed by atoms with van der Waals surface area (Å²) in [6, 6.07) is 13.3. The molecular weight excluding hydrogens is 508 g/mol. The summed E-state index contributed by atoms with van der Waals surface area (Å²) >= 11 is 0. The molecule has 1 saturated heterocycles. The van der Waals surface area contributed by atoms with E-state index in [1.807, 2.05) is 12.1 Å². The number of esters is 1. The molecule has 6 rings (SSSR count). The Morgan fingerprint density at radius 2 is 1.64 bits per heavy atom. The quantitative estimate of drug-likeness (QED) is 0.261. The first-order chi connectivity index (χ1) is 18.9. The highest BCUT2D eigenvalue weighted by molar-refractivity contribution is 5.79. The zero-order valence-electron chi connectivity index (χ0n) is 21.2. The molecule has 1 aliphatic carbocycles. The number of nitrogens with one attached hydrogen (secondary N) is 1. The molecule has 3 aromatic carbocycles. The van der Waals surface area contributed by atoms with Crippen molar-refractivity contribution in [2.24, 2.45) is 11.8 Å². The Hall–Kier alpha value is -4.51. The summed E-state index contributed by atoms with van der Waals surface area (Å²) in [4.78, 5) is 23.9. The van der Waals surface area contributed by atoms with Crippen LogP contribution in [0.15, 0.2) is 48.5 Å². The van der Waals surface area contributed by atoms with Gasteiger partial charge in [0.05, 0.1) is 31.7 Å². The number of carbonyl (C=O) groups excluding carboxylic acids is 1. The maximum atomic E-state index is 13.3. The highest BCUT2D eigenvalue weighted by Gasteiger charge is 2.52. The summed E-state index contributed by atoms with van der Waals surface area (Å²) in [5.74, 6) is 0.0105. The third-order valence-electron chi connectivity index (χ3n) is 7.72. The number of nitro groups is 1. The molecule has 202 valence electrons. The molecular formula is C28H26N2O9. The van der Waals surface area contributed by atoms with Crippen LogP contribution in [0.25, 0.3) is 0 Å². The molecule has 2 heterocycles. The number of phenols is 1. The van der Waals surface area contributed by atoms with Gasteiger partial charge >= 0.3 is 5.97 Å². The van der Waals surface area contributed by atoms with E-state index < -0.39 is 16.8 Å². The van der Waals surface area contributed by atoms with Crippen molar-refractivity contribution in [1.29, 1.82) is 0 Å². The number of cyclic esters (lactones) is 1.